The molecule has 2 aliphatic rings. The van der Waals surface area contributed by atoms with Crippen LogP contribution in [0.15, 0.2) is 0 Å². The summed E-state index contributed by atoms with van der Waals surface area (Å²) in [4.78, 5) is 11.8. The molecule has 0 bridgehead atoms. The standard InChI is InChI=1S/C15H28N2O/c18-15(12-14-7-10-16-11-8-14)17-9-3-6-13-4-1-2-5-13/h13-14,16H,1-12H2,(H,17,18). The fourth-order valence-electron chi connectivity index (χ4n) is 3.34. The van der Waals surface area contributed by atoms with Crippen LogP contribution in [0.3, 0.4) is 0 Å². The third kappa shape index (κ3) is 4.97. The quantitative estimate of drug-likeness (QED) is 0.713. The zero-order valence-electron chi connectivity index (χ0n) is 11.5. The van der Waals surface area contributed by atoms with Gasteiger partial charge in [-0.25, -0.2) is 0 Å². The highest BCUT2D eigenvalue weighted by Gasteiger charge is 2.17. The Balaban J connectivity index is 1.48. The first kappa shape index (κ1) is 13.9. The summed E-state index contributed by atoms with van der Waals surface area (Å²) in [7, 11) is 0. The summed E-state index contributed by atoms with van der Waals surface area (Å²) in [5, 5.41) is 6.43. The van der Waals surface area contributed by atoms with Gasteiger partial charge in [0.15, 0.2) is 0 Å². The first-order valence-electron chi connectivity index (χ1n) is 7.82. The van der Waals surface area contributed by atoms with Crippen molar-refractivity contribution in [3.63, 3.8) is 0 Å². The van der Waals surface area contributed by atoms with E-state index in [1.807, 2.05) is 0 Å². The van der Waals surface area contributed by atoms with E-state index < -0.39 is 0 Å². The Morgan fingerprint density at radius 2 is 1.78 bits per heavy atom. The molecule has 0 unspecified atom stereocenters. The average molecular weight is 252 g/mol. The third-order valence-electron chi connectivity index (χ3n) is 4.52. The van der Waals surface area contributed by atoms with Gasteiger partial charge in [-0.2, -0.15) is 0 Å². The maximum atomic E-state index is 11.8. The van der Waals surface area contributed by atoms with Gasteiger partial charge in [0.05, 0.1) is 0 Å². The number of hydrogen-bond donors (Lipinski definition) is 2. The molecule has 18 heavy (non-hydrogen) atoms. The minimum absolute atomic E-state index is 0.272. The second-order valence-corrected chi connectivity index (χ2v) is 6.04. The minimum atomic E-state index is 0.272. The molecule has 0 atom stereocenters. The monoisotopic (exact) mass is 252 g/mol. The summed E-state index contributed by atoms with van der Waals surface area (Å²) in [5.41, 5.74) is 0. The van der Waals surface area contributed by atoms with Crippen LogP contribution in [-0.4, -0.2) is 25.5 Å². The fourth-order valence-corrected chi connectivity index (χ4v) is 3.34. The maximum absolute atomic E-state index is 11.8. The Morgan fingerprint density at radius 1 is 1.06 bits per heavy atom. The Kier molecular flexibility index (Phi) is 5.98. The number of carbonyl (C=O) groups is 1. The summed E-state index contributed by atoms with van der Waals surface area (Å²) >= 11 is 0. The second-order valence-electron chi connectivity index (χ2n) is 6.04. The predicted octanol–water partition coefficient (Wildman–Crippen LogP) is 2.46. The lowest BCUT2D eigenvalue weighted by molar-refractivity contribution is -0.122. The van der Waals surface area contributed by atoms with Crippen molar-refractivity contribution < 1.29 is 4.79 Å². The molecule has 2 rings (SSSR count). The zero-order chi connectivity index (χ0) is 12.6. The number of nitrogens with one attached hydrogen (secondary N) is 2. The number of amides is 1. The van der Waals surface area contributed by atoms with Gasteiger partial charge in [-0.1, -0.05) is 25.7 Å². The highest BCUT2D eigenvalue weighted by molar-refractivity contribution is 5.76. The van der Waals surface area contributed by atoms with E-state index in [1.54, 1.807) is 0 Å². The highest BCUT2D eigenvalue weighted by Crippen LogP contribution is 2.28. The number of piperidine rings is 1. The molecule has 1 amide bonds. The number of hydrogen-bond acceptors (Lipinski definition) is 2. The SMILES string of the molecule is O=C(CC1CCNCC1)NCCCC1CCCC1. The molecule has 0 aromatic carbocycles. The molecule has 1 aliphatic carbocycles. The molecule has 2 N–H and O–H groups in total. The van der Waals surface area contributed by atoms with Crippen LogP contribution in [0.5, 0.6) is 0 Å². The Hall–Kier alpha value is -0.570. The van der Waals surface area contributed by atoms with Crippen LogP contribution in [-0.2, 0) is 4.79 Å². The van der Waals surface area contributed by atoms with Crippen molar-refractivity contribution >= 4 is 5.91 Å². The van der Waals surface area contributed by atoms with E-state index in [4.69, 9.17) is 0 Å². The van der Waals surface area contributed by atoms with Gasteiger partial charge in [-0.3, -0.25) is 4.79 Å². The second kappa shape index (κ2) is 7.78. The van der Waals surface area contributed by atoms with Crippen molar-refractivity contribution in [2.45, 2.75) is 57.8 Å². The van der Waals surface area contributed by atoms with Crippen molar-refractivity contribution in [1.82, 2.24) is 10.6 Å². The van der Waals surface area contributed by atoms with E-state index in [0.29, 0.717) is 5.92 Å². The molecular weight excluding hydrogens is 224 g/mol. The Morgan fingerprint density at radius 3 is 2.50 bits per heavy atom. The van der Waals surface area contributed by atoms with Gasteiger partial charge in [0.1, 0.15) is 0 Å². The van der Waals surface area contributed by atoms with E-state index in [-0.39, 0.29) is 5.91 Å². The van der Waals surface area contributed by atoms with Gasteiger partial charge in [-0.15, -0.1) is 0 Å². The lowest BCUT2D eigenvalue weighted by Gasteiger charge is -2.21. The van der Waals surface area contributed by atoms with Crippen LogP contribution in [0.4, 0.5) is 0 Å². The minimum Gasteiger partial charge on any atom is -0.356 e. The average Bonchev–Trinajstić information content (AvgIpc) is 2.89. The van der Waals surface area contributed by atoms with E-state index >= 15 is 0 Å². The van der Waals surface area contributed by atoms with Crippen LogP contribution in [0.1, 0.15) is 57.8 Å². The molecule has 104 valence electrons. The van der Waals surface area contributed by atoms with Gasteiger partial charge in [0.2, 0.25) is 5.91 Å². The largest absolute Gasteiger partial charge is 0.356 e. The molecule has 3 heteroatoms. The molecule has 0 aromatic rings. The van der Waals surface area contributed by atoms with E-state index in [2.05, 4.69) is 10.6 Å². The van der Waals surface area contributed by atoms with Crippen LogP contribution in [0, 0.1) is 11.8 Å². The van der Waals surface area contributed by atoms with Gasteiger partial charge in [0, 0.05) is 13.0 Å². The van der Waals surface area contributed by atoms with Crippen LogP contribution in [0.25, 0.3) is 0 Å². The number of carbonyl (C=O) groups excluding carboxylic acids is 1. The van der Waals surface area contributed by atoms with E-state index in [9.17, 15) is 4.79 Å². The maximum Gasteiger partial charge on any atom is 0.220 e. The Bertz CT molecular complexity index is 243. The predicted molar refractivity (Wildman–Crippen MR) is 74.4 cm³/mol. The van der Waals surface area contributed by atoms with Crippen molar-refractivity contribution in [3.05, 3.63) is 0 Å². The van der Waals surface area contributed by atoms with E-state index in [1.165, 1.54) is 38.5 Å². The zero-order valence-corrected chi connectivity index (χ0v) is 11.5. The highest BCUT2D eigenvalue weighted by atomic mass is 16.1. The molecule has 1 saturated heterocycles. The summed E-state index contributed by atoms with van der Waals surface area (Å²) in [6.07, 6.45) is 11.2. The first-order chi connectivity index (χ1) is 8.84. The van der Waals surface area contributed by atoms with Gasteiger partial charge in [0.25, 0.3) is 0 Å². The molecule has 1 heterocycles. The Labute approximate surface area is 111 Å². The molecular formula is C15H28N2O. The molecule has 1 aliphatic heterocycles. The lowest BCUT2D eigenvalue weighted by atomic mass is 9.94. The fraction of sp³-hybridized carbons (Fsp3) is 0.933. The molecule has 0 aromatic heterocycles. The molecule has 2 fully saturated rings. The van der Waals surface area contributed by atoms with Gasteiger partial charge in [-0.05, 0) is 50.6 Å². The van der Waals surface area contributed by atoms with Crippen LogP contribution < -0.4 is 10.6 Å². The molecule has 3 nitrogen and oxygen atoms in total. The summed E-state index contributed by atoms with van der Waals surface area (Å²) in [6.45, 7) is 3.06. The van der Waals surface area contributed by atoms with Crippen molar-refractivity contribution in [2.24, 2.45) is 11.8 Å². The smallest absolute Gasteiger partial charge is 0.220 e. The molecule has 0 spiro atoms. The van der Waals surface area contributed by atoms with Crippen molar-refractivity contribution in [3.8, 4) is 0 Å². The van der Waals surface area contributed by atoms with E-state index in [0.717, 1.165) is 44.8 Å². The summed E-state index contributed by atoms with van der Waals surface area (Å²) in [6, 6.07) is 0. The van der Waals surface area contributed by atoms with Crippen molar-refractivity contribution in [1.29, 1.82) is 0 Å². The van der Waals surface area contributed by atoms with Gasteiger partial charge < -0.3 is 10.6 Å². The van der Waals surface area contributed by atoms with Crippen molar-refractivity contribution in [2.75, 3.05) is 19.6 Å². The van der Waals surface area contributed by atoms with Gasteiger partial charge >= 0.3 is 0 Å². The van der Waals surface area contributed by atoms with Crippen LogP contribution in [0.2, 0.25) is 0 Å². The first-order valence-corrected chi connectivity index (χ1v) is 7.82. The normalized spacial score (nSPS) is 22.2. The van der Waals surface area contributed by atoms with Crippen LogP contribution >= 0.6 is 0 Å². The summed E-state index contributed by atoms with van der Waals surface area (Å²) in [5.74, 6) is 1.83. The molecule has 1 saturated carbocycles. The summed E-state index contributed by atoms with van der Waals surface area (Å²) < 4.78 is 0. The topological polar surface area (TPSA) is 41.1 Å². The third-order valence-corrected chi connectivity index (χ3v) is 4.52. The number of rotatable bonds is 6. The lowest BCUT2D eigenvalue weighted by Crippen LogP contribution is -2.32. The molecule has 0 radical (unpaired) electrons.